The molecule has 6 heteroatoms. The van der Waals surface area contributed by atoms with Crippen LogP contribution in [-0.4, -0.2) is 23.8 Å². The average Bonchev–Trinajstić information content (AvgIpc) is 2.88. The van der Waals surface area contributed by atoms with Crippen molar-refractivity contribution in [3.8, 4) is 0 Å². The van der Waals surface area contributed by atoms with E-state index in [1.807, 2.05) is 25.3 Å². The van der Waals surface area contributed by atoms with Gasteiger partial charge in [-0.05, 0) is 43.3 Å². The molecule has 20 heavy (non-hydrogen) atoms. The molecule has 0 saturated carbocycles. The topological polar surface area (TPSA) is 68.3 Å². The van der Waals surface area contributed by atoms with Gasteiger partial charge in [0, 0.05) is 30.7 Å². The number of hydrogen-bond acceptors (Lipinski definition) is 3. The molecule has 106 valence electrons. The number of sulfonamides is 1. The van der Waals surface area contributed by atoms with Gasteiger partial charge in [-0.3, -0.25) is 0 Å². The summed E-state index contributed by atoms with van der Waals surface area (Å²) in [6.07, 6.45) is 1.99. The van der Waals surface area contributed by atoms with Crippen LogP contribution in [0.3, 0.4) is 0 Å². The third kappa shape index (κ3) is 2.01. The molecule has 1 aromatic heterocycles. The lowest BCUT2D eigenvalue weighted by molar-refractivity contribution is 0.282. The predicted octanol–water partition coefficient (Wildman–Crippen LogP) is 1.84. The Labute approximate surface area is 118 Å². The van der Waals surface area contributed by atoms with Crippen molar-refractivity contribution in [2.24, 2.45) is 0 Å². The first-order valence-corrected chi connectivity index (χ1v) is 7.96. The van der Waals surface area contributed by atoms with E-state index in [9.17, 15) is 8.42 Å². The van der Waals surface area contributed by atoms with Crippen molar-refractivity contribution in [2.45, 2.75) is 24.4 Å². The maximum absolute atomic E-state index is 12.7. The highest BCUT2D eigenvalue weighted by Gasteiger charge is 2.33. The van der Waals surface area contributed by atoms with E-state index in [1.165, 1.54) is 0 Å². The van der Waals surface area contributed by atoms with Crippen molar-refractivity contribution in [1.29, 1.82) is 0 Å². The van der Waals surface area contributed by atoms with Crippen LogP contribution in [0.5, 0.6) is 0 Å². The number of fused-ring (bicyclic) bond motifs is 1. The number of nitrogens with zero attached hydrogens (tertiary/aromatic N) is 2. The van der Waals surface area contributed by atoms with Crippen molar-refractivity contribution in [3.63, 3.8) is 0 Å². The molecule has 1 aliphatic rings. The van der Waals surface area contributed by atoms with Crippen molar-refractivity contribution < 1.29 is 8.42 Å². The smallest absolute Gasteiger partial charge is 0.243 e. The van der Waals surface area contributed by atoms with Gasteiger partial charge in [-0.15, -0.1) is 0 Å². The molecule has 2 N–H and O–H groups in total. The van der Waals surface area contributed by atoms with Crippen LogP contribution in [0.2, 0.25) is 0 Å². The van der Waals surface area contributed by atoms with E-state index >= 15 is 0 Å². The molecule has 3 rings (SSSR count). The van der Waals surface area contributed by atoms with Gasteiger partial charge in [0.05, 0.1) is 10.9 Å². The lowest BCUT2D eigenvalue weighted by atomic mass is 10.2. The third-order valence-corrected chi connectivity index (χ3v) is 5.76. The summed E-state index contributed by atoms with van der Waals surface area (Å²) >= 11 is 0. The molecular formula is C14H17N3O2S. The highest BCUT2D eigenvalue weighted by atomic mass is 32.2. The standard InChI is InChI=1S/C14H17N3O2S/c1-11-14-3-2-8-16(14)9-10-17(11)20(18,19)13-6-4-12(15)5-7-13/h2-8,11H,9-10,15H2,1H3. The number of anilines is 1. The van der Waals surface area contributed by atoms with Crippen molar-refractivity contribution >= 4 is 15.7 Å². The molecule has 1 aliphatic heterocycles. The number of nitrogens with two attached hydrogens (primary N) is 1. The van der Waals surface area contributed by atoms with Gasteiger partial charge >= 0.3 is 0 Å². The second kappa shape index (κ2) is 4.64. The van der Waals surface area contributed by atoms with E-state index in [0.29, 0.717) is 23.7 Å². The molecule has 2 aromatic rings. The molecule has 1 atom stereocenters. The Morgan fingerprint density at radius 2 is 1.85 bits per heavy atom. The molecule has 0 saturated heterocycles. The zero-order valence-corrected chi connectivity index (χ0v) is 12.0. The van der Waals surface area contributed by atoms with E-state index in [2.05, 4.69) is 4.57 Å². The molecule has 0 fully saturated rings. The SMILES string of the molecule is CC1c2cccn2CCN1S(=O)(=O)c1ccc(N)cc1. The minimum Gasteiger partial charge on any atom is -0.399 e. The maximum atomic E-state index is 12.7. The number of rotatable bonds is 2. The maximum Gasteiger partial charge on any atom is 0.243 e. The highest BCUT2D eigenvalue weighted by molar-refractivity contribution is 7.89. The second-order valence-electron chi connectivity index (χ2n) is 4.99. The van der Waals surface area contributed by atoms with Gasteiger partial charge in [0.15, 0.2) is 0 Å². The number of nitrogen functional groups attached to an aromatic ring is 1. The molecule has 0 amide bonds. The molecule has 0 radical (unpaired) electrons. The van der Waals surface area contributed by atoms with Gasteiger partial charge in [-0.1, -0.05) is 0 Å². The van der Waals surface area contributed by atoms with Crippen molar-refractivity contribution in [2.75, 3.05) is 12.3 Å². The Hall–Kier alpha value is -1.79. The Balaban J connectivity index is 1.99. The van der Waals surface area contributed by atoms with Gasteiger partial charge in [0.2, 0.25) is 10.0 Å². The first-order valence-electron chi connectivity index (χ1n) is 6.52. The molecule has 5 nitrogen and oxygen atoms in total. The Morgan fingerprint density at radius 1 is 1.15 bits per heavy atom. The minimum atomic E-state index is -3.48. The summed E-state index contributed by atoms with van der Waals surface area (Å²) in [4.78, 5) is 0.290. The van der Waals surface area contributed by atoms with E-state index < -0.39 is 10.0 Å². The van der Waals surface area contributed by atoms with Crippen LogP contribution in [0.25, 0.3) is 0 Å². The van der Waals surface area contributed by atoms with E-state index in [4.69, 9.17) is 5.73 Å². The van der Waals surface area contributed by atoms with Crippen LogP contribution in [0.15, 0.2) is 47.5 Å². The quantitative estimate of drug-likeness (QED) is 0.858. The fourth-order valence-corrected chi connectivity index (χ4v) is 4.26. The van der Waals surface area contributed by atoms with Crippen LogP contribution in [-0.2, 0) is 16.6 Å². The first-order chi connectivity index (χ1) is 9.50. The number of aromatic nitrogens is 1. The molecule has 1 aromatic carbocycles. The summed E-state index contributed by atoms with van der Waals surface area (Å²) < 4.78 is 29.1. The molecule has 0 spiro atoms. The monoisotopic (exact) mass is 291 g/mol. The number of benzene rings is 1. The van der Waals surface area contributed by atoms with Crippen LogP contribution >= 0.6 is 0 Å². The fourth-order valence-electron chi connectivity index (χ4n) is 2.66. The zero-order chi connectivity index (χ0) is 14.3. The van der Waals surface area contributed by atoms with Crippen LogP contribution in [0, 0.1) is 0 Å². The molecular weight excluding hydrogens is 274 g/mol. The third-order valence-electron chi connectivity index (χ3n) is 3.77. The van der Waals surface area contributed by atoms with E-state index in [1.54, 1.807) is 28.6 Å². The minimum absolute atomic E-state index is 0.165. The summed E-state index contributed by atoms with van der Waals surface area (Å²) in [6, 6.07) is 10.1. The van der Waals surface area contributed by atoms with Gasteiger partial charge < -0.3 is 10.3 Å². The van der Waals surface area contributed by atoms with Gasteiger partial charge in [-0.2, -0.15) is 4.31 Å². The summed E-state index contributed by atoms with van der Waals surface area (Å²) in [5.41, 5.74) is 7.20. The normalized spacial score (nSPS) is 19.8. The zero-order valence-electron chi connectivity index (χ0n) is 11.2. The molecule has 1 unspecified atom stereocenters. The molecule has 0 bridgehead atoms. The average molecular weight is 291 g/mol. The van der Waals surface area contributed by atoms with Gasteiger partial charge in [0.25, 0.3) is 0 Å². The molecule has 2 heterocycles. The summed E-state index contributed by atoms with van der Waals surface area (Å²) in [7, 11) is -3.48. The Kier molecular flexibility index (Phi) is 3.07. The summed E-state index contributed by atoms with van der Waals surface area (Å²) in [6.45, 7) is 3.08. The van der Waals surface area contributed by atoms with E-state index in [-0.39, 0.29) is 6.04 Å². The predicted molar refractivity (Wildman–Crippen MR) is 77.6 cm³/mol. The van der Waals surface area contributed by atoms with E-state index in [0.717, 1.165) is 5.69 Å². The second-order valence-corrected chi connectivity index (χ2v) is 6.88. The fraction of sp³-hybridized carbons (Fsp3) is 0.286. The lowest BCUT2D eigenvalue weighted by Gasteiger charge is -2.33. The molecule has 0 aliphatic carbocycles. The Morgan fingerprint density at radius 3 is 2.55 bits per heavy atom. The van der Waals surface area contributed by atoms with Gasteiger partial charge in [-0.25, -0.2) is 8.42 Å². The summed E-state index contributed by atoms with van der Waals surface area (Å²) in [5.74, 6) is 0. The van der Waals surface area contributed by atoms with Gasteiger partial charge in [0.1, 0.15) is 0 Å². The largest absolute Gasteiger partial charge is 0.399 e. The first kappa shape index (κ1) is 13.2. The number of hydrogen-bond donors (Lipinski definition) is 1. The van der Waals surface area contributed by atoms with Crippen molar-refractivity contribution in [1.82, 2.24) is 8.87 Å². The van der Waals surface area contributed by atoms with Crippen LogP contribution < -0.4 is 5.73 Å². The van der Waals surface area contributed by atoms with Crippen LogP contribution in [0.1, 0.15) is 18.7 Å². The lowest BCUT2D eigenvalue weighted by Crippen LogP contribution is -2.40. The summed E-state index contributed by atoms with van der Waals surface area (Å²) in [5, 5.41) is 0. The Bertz CT molecular complexity index is 719. The van der Waals surface area contributed by atoms with Crippen LogP contribution in [0.4, 0.5) is 5.69 Å². The highest BCUT2D eigenvalue weighted by Crippen LogP contribution is 2.31. The van der Waals surface area contributed by atoms with Crippen molar-refractivity contribution in [3.05, 3.63) is 48.3 Å².